The standard InChI is InChI=1S/C14H20F2N2O2/c1-8(2)13(18-14(20)17-7-9(3)19)11-5-4-10(15)6-12(11)16/h4-6,8-9,13,19H,7H2,1-3H3,(H2,17,18,20)/t9-,13+/m1/s1. The zero-order valence-electron chi connectivity index (χ0n) is 11.8. The summed E-state index contributed by atoms with van der Waals surface area (Å²) in [5.41, 5.74) is 0.230. The quantitative estimate of drug-likeness (QED) is 0.778. The molecule has 1 rings (SSSR count). The van der Waals surface area contributed by atoms with Crippen molar-refractivity contribution in [2.45, 2.75) is 32.9 Å². The number of carbonyl (C=O) groups excluding carboxylic acids is 1. The number of hydrogen-bond donors (Lipinski definition) is 3. The number of benzene rings is 1. The van der Waals surface area contributed by atoms with Crippen LogP contribution in [0.15, 0.2) is 18.2 Å². The molecule has 1 aromatic carbocycles. The van der Waals surface area contributed by atoms with Crippen LogP contribution < -0.4 is 10.6 Å². The zero-order chi connectivity index (χ0) is 15.3. The molecule has 1 aromatic rings. The number of halogens is 2. The Morgan fingerprint density at radius 3 is 2.45 bits per heavy atom. The number of hydrogen-bond acceptors (Lipinski definition) is 2. The van der Waals surface area contributed by atoms with E-state index >= 15 is 0 Å². The molecule has 0 aliphatic heterocycles. The lowest BCUT2D eigenvalue weighted by Crippen LogP contribution is -2.42. The summed E-state index contributed by atoms with van der Waals surface area (Å²) < 4.78 is 26.7. The minimum absolute atomic E-state index is 0.0766. The second-order valence-electron chi connectivity index (χ2n) is 5.09. The molecule has 0 saturated heterocycles. The first-order valence-electron chi connectivity index (χ1n) is 6.48. The molecular weight excluding hydrogens is 266 g/mol. The summed E-state index contributed by atoms with van der Waals surface area (Å²) in [6, 6.07) is 2.19. The highest BCUT2D eigenvalue weighted by Crippen LogP contribution is 2.24. The van der Waals surface area contributed by atoms with Crippen LogP contribution in [-0.2, 0) is 0 Å². The molecule has 0 fully saturated rings. The number of amides is 2. The number of aliphatic hydroxyl groups excluding tert-OH is 1. The molecule has 0 unspecified atom stereocenters. The molecule has 3 N–H and O–H groups in total. The highest BCUT2D eigenvalue weighted by atomic mass is 19.1. The van der Waals surface area contributed by atoms with Crippen LogP contribution in [-0.4, -0.2) is 23.8 Å². The summed E-state index contributed by atoms with van der Waals surface area (Å²) in [5.74, 6) is -1.43. The van der Waals surface area contributed by atoms with Gasteiger partial charge in [0, 0.05) is 18.2 Å². The molecule has 4 nitrogen and oxygen atoms in total. The minimum atomic E-state index is -0.695. The van der Waals surface area contributed by atoms with Crippen molar-refractivity contribution < 1.29 is 18.7 Å². The van der Waals surface area contributed by atoms with Crippen molar-refractivity contribution in [3.8, 4) is 0 Å². The predicted molar refractivity (Wildman–Crippen MR) is 72.2 cm³/mol. The predicted octanol–water partition coefficient (Wildman–Crippen LogP) is 2.34. The van der Waals surface area contributed by atoms with Crippen LogP contribution in [0.5, 0.6) is 0 Å². The summed E-state index contributed by atoms with van der Waals surface area (Å²) in [7, 11) is 0. The van der Waals surface area contributed by atoms with E-state index in [1.807, 2.05) is 13.8 Å². The Morgan fingerprint density at radius 2 is 1.95 bits per heavy atom. The van der Waals surface area contributed by atoms with E-state index in [1.54, 1.807) is 6.92 Å². The maximum atomic E-state index is 13.8. The fourth-order valence-electron chi connectivity index (χ4n) is 1.79. The van der Waals surface area contributed by atoms with Crippen molar-refractivity contribution in [2.24, 2.45) is 5.92 Å². The molecule has 0 aliphatic carbocycles. The lowest BCUT2D eigenvalue weighted by Gasteiger charge is -2.23. The molecule has 0 aromatic heterocycles. The highest BCUT2D eigenvalue weighted by molar-refractivity contribution is 5.74. The average molecular weight is 286 g/mol. The first kappa shape index (κ1) is 16.4. The zero-order valence-corrected chi connectivity index (χ0v) is 11.8. The number of rotatable bonds is 5. The molecule has 0 heterocycles. The van der Waals surface area contributed by atoms with E-state index in [0.29, 0.717) is 0 Å². The highest BCUT2D eigenvalue weighted by Gasteiger charge is 2.21. The SMILES string of the molecule is CC(C)[C@H](NC(=O)NC[C@@H](C)O)c1ccc(F)cc1F. The maximum absolute atomic E-state index is 13.8. The molecule has 0 bridgehead atoms. The van der Waals surface area contributed by atoms with Gasteiger partial charge in [0.2, 0.25) is 0 Å². The van der Waals surface area contributed by atoms with E-state index in [1.165, 1.54) is 6.07 Å². The van der Waals surface area contributed by atoms with E-state index in [9.17, 15) is 13.6 Å². The summed E-state index contributed by atoms with van der Waals surface area (Å²) in [6.07, 6.45) is -0.666. The first-order valence-corrected chi connectivity index (χ1v) is 6.48. The van der Waals surface area contributed by atoms with Gasteiger partial charge in [0.05, 0.1) is 12.1 Å². The Hall–Kier alpha value is -1.69. The normalized spacial score (nSPS) is 13.9. The van der Waals surface area contributed by atoms with E-state index in [2.05, 4.69) is 10.6 Å². The van der Waals surface area contributed by atoms with Gasteiger partial charge >= 0.3 is 6.03 Å². The van der Waals surface area contributed by atoms with Gasteiger partial charge in [0.25, 0.3) is 0 Å². The van der Waals surface area contributed by atoms with Crippen molar-refractivity contribution in [3.05, 3.63) is 35.4 Å². The topological polar surface area (TPSA) is 61.4 Å². The molecule has 6 heteroatoms. The Kier molecular flexibility index (Phi) is 5.88. The van der Waals surface area contributed by atoms with Crippen molar-refractivity contribution in [3.63, 3.8) is 0 Å². The van der Waals surface area contributed by atoms with E-state index in [0.717, 1.165) is 12.1 Å². The van der Waals surface area contributed by atoms with Crippen molar-refractivity contribution in [2.75, 3.05) is 6.54 Å². The third-order valence-corrected chi connectivity index (χ3v) is 2.81. The Bertz CT molecular complexity index is 464. The lowest BCUT2D eigenvalue weighted by atomic mass is 9.95. The first-order chi connectivity index (χ1) is 9.31. The Morgan fingerprint density at radius 1 is 1.30 bits per heavy atom. The van der Waals surface area contributed by atoms with Gasteiger partial charge in [-0.15, -0.1) is 0 Å². The average Bonchev–Trinajstić information content (AvgIpc) is 2.34. The summed E-state index contributed by atoms with van der Waals surface area (Å²) in [6.45, 7) is 5.28. The smallest absolute Gasteiger partial charge is 0.315 e. The van der Waals surface area contributed by atoms with Gasteiger partial charge in [0.15, 0.2) is 0 Å². The van der Waals surface area contributed by atoms with Crippen LogP contribution in [0.4, 0.5) is 13.6 Å². The monoisotopic (exact) mass is 286 g/mol. The Labute approximate surface area is 117 Å². The molecule has 0 spiro atoms. The third kappa shape index (κ3) is 4.77. The fraction of sp³-hybridized carbons (Fsp3) is 0.500. The summed E-state index contributed by atoms with van der Waals surface area (Å²) in [4.78, 5) is 11.7. The van der Waals surface area contributed by atoms with Gasteiger partial charge in [-0.3, -0.25) is 0 Å². The fourth-order valence-corrected chi connectivity index (χ4v) is 1.79. The van der Waals surface area contributed by atoms with Gasteiger partial charge in [-0.1, -0.05) is 19.9 Å². The Balaban J connectivity index is 2.81. The molecule has 0 aliphatic rings. The minimum Gasteiger partial charge on any atom is -0.392 e. The number of urea groups is 1. The summed E-state index contributed by atoms with van der Waals surface area (Å²) >= 11 is 0. The van der Waals surface area contributed by atoms with Gasteiger partial charge in [-0.2, -0.15) is 0 Å². The van der Waals surface area contributed by atoms with Gasteiger partial charge in [-0.25, -0.2) is 13.6 Å². The van der Waals surface area contributed by atoms with E-state index in [-0.39, 0.29) is 18.0 Å². The molecule has 112 valence electrons. The molecule has 20 heavy (non-hydrogen) atoms. The van der Waals surface area contributed by atoms with Crippen LogP contribution in [0.1, 0.15) is 32.4 Å². The van der Waals surface area contributed by atoms with Crippen molar-refractivity contribution >= 4 is 6.03 Å². The van der Waals surface area contributed by atoms with Gasteiger partial charge < -0.3 is 15.7 Å². The van der Waals surface area contributed by atoms with Gasteiger partial charge in [-0.05, 0) is 18.9 Å². The molecular formula is C14H20F2N2O2. The largest absolute Gasteiger partial charge is 0.392 e. The van der Waals surface area contributed by atoms with Crippen LogP contribution in [0.2, 0.25) is 0 Å². The van der Waals surface area contributed by atoms with Crippen LogP contribution >= 0.6 is 0 Å². The third-order valence-electron chi connectivity index (χ3n) is 2.81. The van der Waals surface area contributed by atoms with Crippen LogP contribution in [0.3, 0.4) is 0 Å². The number of nitrogens with one attached hydrogen (secondary N) is 2. The molecule has 2 amide bonds. The summed E-state index contributed by atoms with van der Waals surface area (Å²) in [5, 5.41) is 14.2. The lowest BCUT2D eigenvalue weighted by molar-refractivity contribution is 0.185. The van der Waals surface area contributed by atoms with Crippen LogP contribution in [0, 0.1) is 17.6 Å². The van der Waals surface area contributed by atoms with E-state index in [4.69, 9.17) is 5.11 Å². The van der Waals surface area contributed by atoms with Crippen molar-refractivity contribution in [1.29, 1.82) is 0 Å². The number of aliphatic hydroxyl groups is 1. The molecule has 0 saturated carbocycles. The number of carbonyl (C=O) groups is 1. The molecule has 2 atom stereocenters. The molecule has 0 radical (unpaired) electrons. The van der Waals surface area contributed by atoms with Gasteiger partial charge in [0.1, 0.15) is 11.6 Å². The van der Waals surface area contributed by atoms with Crippen molar-refractivity contribution in [1.82, 2.24) is 10.6 Å². The second kappa shape index (κ2) is 7.19. The van der Waals surface area contributed by atoms with Crippen LogP contribution in [0.25, 0.3) is 0 Å². The second-order valence-corrected chi connectivity index (χ2v) is 5.09. The maximum Gasteiger partial charge on any atom is 0.315 e. The van der Waals surface area contributed by atoms with E-state index < -0.39 is 29.8 Å².